The molecule has 1 atom stereocenters. The third-order valence-electron chi connectivity index (χ3n) is 6.61. The molecular weight excluding hydrogens is 576 g/mol. The highest BCUT2D eigenvalue weighted by Gasteiger charge is 2.42. The molecule has 0 saturated heterocycles. The van der Waals surface area contributed by atoms with Crippen LogP contribution in [0.5, 0.6) is 0 Å². The van der Waals surface area contributed by atoms with E-state index in [1.807, 2.05) is 30.3 Å². The Bertz CT molecular complexity index is 1650. The summed E-state index contributed by atoms with van der Waals surface area (Å²) in [7, 11) is 0. The zero-order chi connectivity index (χ0) is 32.5. The molecule has 0 aliphatic carbocycles. The SMILES string of the molecule is CC(C)(C)OC(=O)N(CCCOC(=O)[C@@](C)(NC(=O)c1ccc2[nH]ncc2c1)N(C=O)/C=C/c1ccccc1)c1ccccn1. The van der Waals surface area contributed by atoms with Crippen LogP contribution in [0, 0.1) is 0 Å². The third kappa shape index (κ3) is 8.53. The lowest BCUT2D eigenvalue weighted by molar-refractivity contribution is -0.159. The first-order valence-corrected chi connectivity index (χ1v) is 14.3. The maximum atomic E-state index is 13.6. The molecule has 0 spiro atoms. The first kappa shape index (κ1) is 32.4. The first-order valence-electron chi connectivity index (χ1n) is 14.3. The maximum Gasteiger partial charge on any atom is 0.416 e. The van der Waals surface area contributed by atoms with Crippen molar-refractivity contribution in [2.45, 2.75) is 45.4 Å². The molecule has 12 heteroatoms. The Morgan fingerprint density at radius 2 is 1.76 bits per heavy atom. The molecule has 234 valence electrons. The van der Waals surface area contributed by atoms with Gasteiger partial charge >= 0.3 is 12.1 Å². The van der Waals surface area contributed by atoms with Gasteiger partial charge in [0.05, 0.1) is 18.3 Å². The molecule has 0 aliphatic rings. The van der Waals surface area contributed by atoms with Crippen LogP contribution in [0.3, 0.4) is 0 Å². The van der Waals surface area contributed by atoms with E-state index in [1.54, 1.807) is 75.6 Å². The van der Waals surface area contributed by atoms with Gasteiger partial charge in [-0.15, -0.1) is 0 Å². The number of ether oxygens (including phenoxy) is 2. The van der Waals surface area contributed by atoms with Crippen molar-refractivity contribution in [3.05, 3.63) is 96.5 Å². The van der Waals surface area contributed by atoms with Gasteiger partial charge in [-0.1, -0.05) is 36.4 Å². The number of fused-ring (bicyclic) bond motifs is 1. The second-order valence-corrected chi connectivity index (χ2v) is 11.2. The van der Waals surface area contributed by atoms with Gasteiger partial charge in [-0.05, 0) is 76.1 Å². The van der Waals surface area contributed by atoms with Crippen molar-refractivity contribution in [1.29, 1.82) is 0 Å². The van der Waals surface area contributed by atoms with Crippen molar-refractivity contribution in [3.8, 4) is 0 Å². The van der Waals surface area contributed by atoms with E-state index in [0.717, 1.165) is 16.0 Å². The molecule has 0 saturated carbocycles. The Hall–Kier alpha value is -5.52. The van der Waals surface area contributed by atoms with Crippen molar-refractivity contribution in [2.24, 2.45) is 0 Å². The van der Waals surface area contributed by atoms with E-state index in [-0.39, 0.29) is 25.1 Å². The molecule has 2 aromatic heterocycles. The van der Waals surface area contributed by atoms with Crippen molar-refractivity contribution in [3.63, 3.8) is 0 Å². The molecule has 2 aromatic carbocycles. The number of pyridine rings is 1. The molecule has 0 bridgehead atoms. The summed E-state index contributed by atoms with van der Waals surface area (Å²) in [4.78, 5) is 59.0. The van der Waals surface area contributed by atoms with Crippen molar-refractivity contribution in [1.82, 2.24) is 25.4 Å². The van der Waals surface area contributed by atoms with Crippen LogP contribution in [0.25, 0.3) is 17.0 Å². The number of nitrogens with one attached hydrogen (secondary N) is 2. The number of hydrogen-bond acceptors (Lipinski definition) is 8. The second kappa shape index (κ2) is 14.3. The number of aromatic nitrogens is 3. The molecule has 2 heterocycles. The predicted molar refractivity (Wildman–Crippen MR) is 169 cm³/mol. The maximum absolute atomic E-state index is 13.6. The van der Waals surface area contributed by atoms with Crippen LogP contribution in [0.2, 0.25) is 0 Å². The number of esters is 1. The Morgan fingerprint density at radius 1 is 1.00 bits per heavy atom. The van der Waals surface area contributed by atoms with Gasteiger partial charge in [-0.25, -0.2) is 14.6 Å². The van der Waals surface area contributed by atoms with Crippen LogP contribution < -0.4 is 10.2 Å². The minimum atomic E-state index is -1.93. The summed E-state index contributed by atoms with van der Waals surface area (Å²) in [6.45, 7) is 6.66. The molecule has 2 N–H and O–H groups in total. The number of aromatic amines is 1. The summed E-state index contributed by atoms with van der Waals surface area (Å²) >= 11 is 0. The van der Waals surface area contributed by atoms with Gasteiger partial charge in [0, 0.05) is 29.9 Å². The van der Waals surface area contributed by atoms with E-state index in [2.05, 4.69) is 20.5 Å². The van der Waals surface area contributed by atoms with Crippen LogP contribution >= 0.6 is 0 Å². The molecule has 0 radical (unpaired) electrons. The van der Waals surface area contributed by atoms with E-state index in [9.17, 15) is 19.2 Å². The standard InChI is InChI=1S/C33H36N6O6/c1-32(2,3)45-31(43)39(28-13-8-9-17-34-28)18-10-20-44-30(42)33(4,38(23-40)19-16-24-11-6-5-7-12-24)36-29(41)25-14-15-27-26(21-25)22-35-37-27/h5-9,11-17,19,21-23H,10,18,20H2,1-4H3,(H,35,37)(H,36,41)/b19-16+/t33-/m0/s1. The van der Waals surface area contributed by atoms with E-state index in [1.165, 1.54) is 18.0 Å². The van der Waals surface area contributed by atoms with Gasteiger partial charge < -0.3 is 14.8 Å². The van der Waals surface area contributed by atoms with E-state index in [0.29, 0.717) is 17.6 Å². The number of benzene rings is 2. The lowest BCUT2D eigenvalue weighted by Gasteiger charge is -2.35. The zero-order valence-corrected chi connectivity index (χ0v) is 25.6. The number of amides is 3. The minimum absolute atomic E-state index is 0.123. The Balaban J connectivity index is 1.52. The fraction of sp³-hybridized carbons (Fsp3) is 0.273. The third-order valence-corrected chi connectivity index (χ3v) is 6.61. The summed E-state index contributed by atoms with van der Waals surface area (Å²) in [5.41, 5.74) is -0.899. The van der Waals surface area contributed by atoms with Crippen molar-refractivity contribution < 1.29 is 28.7 Å². The molecule has 0 aliphatic heterocycles. The highest BCUT2D eigenvalue weighted by molar-refractivity contribution is 6.01. The highest BCUT2D eigenvalue weighted by atomic mass is 16.6. The second-order valence-electron chi connectivity index (χ2n) is 11.2. The largest absolute Gasteiger partial charge is 0.462 e. The highest BCUT2D eigenvalue weighted by Crippen LogP contribution is 2.20. The summed E-state index contributed by atoms with van der Waals surface area (Å²) in [6.07, 6.45) is 6.21. The summed E-state index contributed by atoms with van der Waals surface area (Å²) < 4.78 is 11.1. The van der Waals surface area contributed by atoms with Crippen molar-refractivity contribution >= 4 is 47.2 Å². The Labute approximate surface area is 261 Å². The summed E-state index contributed by atoms with van der Waals surface area (Å²) in [5.74, 6) is -1.11. The Morgan fingerprint density at radius 3 is 2.44 bits per heavy atom. The molecule has 4 aromatic rings. The van der Waals surface area contributed by atoms with E-state index < -0.39 is 29.2 Å². The van der Waals surface area contributed by atoms with Gasteiger partial charge in [0.2, 0.25) is 12.1 Å². The topological polar surface area (TPSA) is 147 Å². The number of nitrogens with zero attached hydrogens (tertiary/aromatic N) is 4. The number of carbonyl (C=O) groups is 4. The van der Waals surface area contributed by atoms with Crippen LogP contribution in [0.4, 0.5) is 10.6 Å². The molecule has 12 nitrogen and oxygen atoms in total. The van der Waals surface area contributed by atoms with Crippen LogP contribution in [-0.4, -0.2) is 68.9 Å². The average Bonchev–Trinajstić information content (AvgIpc) is 3.49. The van der Waals surface area contributed by atoms with Gasteiger partial charge in [0.1, 0.15) is 11.4 Å². The summed E-state index contributed by atoms with van der Waals surface area (Å²) in [6, 6.07) is 19.2. The molecule has 4 rings (SSSR count). The average molecular weight is 613 g/mol. The quantitative estimate of drug-likeness (QED) is 0.0993. The fourth-order valence-electron chi connectivity index (χ4n) is 4.28. The van der Waals surface area contributed by atoms with Crippen LogP contribution in [0.1, 0.15) is 50.0 Å². The molecule has 0 fully saturated rings. The van der Waals surface area contributed by atoms with Gasteiger partial charge in [0.15, 0.2) is 0 Å². The van der Waals surface area contributed by atoms with Crippen LogP contribution in [0.15, 0.2) is 85.3 Å². The lowest BCUT2D eigenvalue weighted by Crippen LogP contribution is -2.62. The smallest absolute Gasteiger partial charge is 0.416 e. The molecule has 3 amide bonds. The predicted octanol–water partition coefficient (Wildman–Crippen LogP) is 4.91. The molecule has 0 unspecified atom stereocenters. The first-order chi connectivity index (χ1) is 21.5. The number of anilines is 1. The minimum Gasteiger partial charge on any atom is -0.462 e. The van der Waals surface area contributed by atoms with E-state index in [4.69, 9.17) is 9.47 Å². The van der Waals surface area contributed by atoms with Gasteiger partial charge in [0.25, 0.3) is 5.91 Å². The normalized spacial score (nSPS) is 12.7. The van der Waals surface area contributed by atoms with Gasteiger partial charge in [-0.3, -0.25) is 24.5 Å². The van der Waals surface area contributed by atoms with Crippen LogP contribution in [-0.2, 0) is 19.1 Å². The number of carbonyl (C=O) groups excluding carboxylic acids is 4. The monoisotopic (exact) mass is 612 g/mol. The lowest BCUT2D eigenvalue weighted by atomic mass is 10.1. The Kier molecular flexibility index (Phi) is 10.3. The van der Waals surface area contributed by atoms with Gasteiger partial charge in [-0.2, -0.15) is 5.10 Å². The number of hydrogen-bond donors (Lipinski definition) is 2. The van der Waals surface area contributed by atoms with Crippen molar-refractivity contribution in [2.75, 3.05) is 18.1 Å². The molecular formula is C33H36N6O6. The van der Waals surface area contributed by atoms with E-state index >= 15 is 0 Å². The zero-order valence-electron chi connectivity index (χ0n) is 25.6. The number of rotatable bonds is 12. The molecule has 45 heavy (non-hydrogen) atoms. The summed E-state index contributed by atoms with van der Waals surface area (Å²) in [5, 5.41) is 10.2. The fourth-order valence-corrected chi connectivity index (χ4v) is 4.28. The number of H-pyrrole nitrogens is 1.